The molecule has 0 heterocycles. The maximum atomic E-state index is 12.0. The highest BCUT2D eigenvalue weighted by Gasteiger charge is 2.21. The van der Waals surface area contributed by atoms with Crippen LogP contribution in [0.2, 0.25) is 10.0 Å². The van der Waals surface area contributed by atoms with E-state index in [2.05, 4.69) is 5.32 Å². The molecule has 1 amide bonds. The van der Waals surface area contributed by atoms with Crippen molar-refractivity contribution in [3.8, 4) is 0 Å². The Morgan fingerprint density at radius 2 is 1.79 bits per heavy atom. The number of hydrogen-bond donors (Lipinski definition) is 1. The summed E-state index contributed by atoms with van der Waals surface area (Å²) in [6.45, 7) is -0.0289. The van der Waals surface area contributed by atoms with E-state index in [9.17, 15) is 13.2 Å². The number of amides is 1. The van der Waals surface area contributed by atoms with Gasteiger partial charge in [-0.05, 0) is 30.3 Å². The number of anilines is 2. The van der Waals surface area contributed by atoms with Gasteiger partial charge in [0.2, 0.25) is 15.9 Å². The van der Waals surface area contributed by atoms with E-state index in [-0.39, 0.29) is 29.6 Å². The number of nitrogens with one attached hydrogen (secondary N) is 1. The van der Waals surface area contributed by atoms with Crippen LogP contribution in [0, 0.1) is 0 Å². The molecule has 0 atom stereocenters. The number of para-hydroxylation sites is 1. The van der Waals surface area contributed by atoms with Crippen LogP contribution in [0.3, 0.4) is 0 Å². The van der Waals surface area contributed by atoms with Gasteiger partial charge in [0, 0.05) is 23.7 Å². The van der Waals surface area contributed by atoms with Crippen LogP contribution in [0.1, 0.15) is 6.42 Å². The van der Waals surface area contributed by atoms with Crippen LogP contribution >= 0.6 is 23.2 Å². The standard InChI is InChI=1S/C16H16Cl2N2O3S/c1-24(22,23)20(15-8-7-12(17)11-14(15)18)10-9-16(21)19-13-5-3-2-4-6-13/h2-8,11H,9-10H2,1H3,(H,19,21). The number of carbonyl (C=O) groups excluding carboxylic acids is 1. The molecule has 5 nitrogen and oxygen atoms in total. The van der Waals surface area contributed by atoms with Crippen molar-refractivity contribution in [1.29, 1.82) is 0 Å². The summed E-state index contributed by atoms with van der Waals surface area (Å²) >= 11 is 11.9. The molecule has 0 bridgehead atoms. The molecule has 0 fully saturated rings. The van der Waals surface area contributed by atoms with Gasteiger partial charge in [0.25, 0.3) is 0 Å². The molecular weight excluding hydrogens is 371 g/mol. The van der Waals surface area contributed by atoms with Crippen molar-refractivity contribution in [1.82, 2.24) is 0 Å². The third kappa shape index (κ3) is 5.12. The number of carbonyl (C=O) groups is 1. The molecule has 0 spiro atoms. The Bertz CT molecular complexity index is 826. The van der Waals surface area contributed by atoms with Gasteiger partial charge in [-0.2, -0.15) is 0 Å². The number of sulfonamides is 1. The van der Waals surface area contributed by atoms with E-state index in [1.165, 1.54) is 12.1 Å². The molecule has 128 valence electrons. The second-order valence-electron chi connectivity index (χ2n) is 5.10. The molecule has 24 heavy (non-hydrogen) atoms. The molecule has 8 heteroatoms. The van der Waals surface area contributed by atoms with Gasteiger partial charge in [0.05, 0.1) is 17.0 Å². The lowest BCUT2D eigenvalue weighted by atomic mass is 10.3. The van der Waals surface area contributed by atoms with Crippen molar-refractivity contribution in [2.45, 2.75) is 6.42 Å². The SMILES string of the molecule is CS(=O)(=O)N(CCC(=O)Nc1ccccc1)c1ccc(Cl)cc1Cl. The lowest BCUT2D eigenvalue weighted by molar-refractivity contribution is -0.116. The summed E-state index contributed by atoms with van der Waals surface area (Å²) < 4.78 is 25.2. The lowest BCUT2D eigenvalue weighted by Crippen LogP contribution is -2.33. The molecule has 2 rings (SSSR count). The summed E-state index contributed by atoms with van der Waals surface area (Å²) in [7, 11) is -3.60. The van der Waals surface area contributed by atoms with E-state index in [1.807, 2.05) is 6.07 Å². The van der Waals surface area contributed by atoms with Crippen molar-refractivity contribution < 1.29 is 13.2 Å². The van der Waals surface area contributed by atoms with E-state index in [0.29, 0.717) is 10.7 Å². The minimum Gasteiger partial charge on any atom is -0.326 e. The molecule has 0 radical (unpaired) electrons. The van der Waals surface area contributed by atoms with Gasteiger partial charge in [-0.3, -0.25) is 9.10 Å². The Hall–Kier alpha value is -1.76. The average Bonchev–Trinajstić information content (AvgIpc) is 2.49. The quantitative estimate of drug-likeness (QED) is 0.820. The van der Waals surface area contributed by atoms with Gasteiger partial charge in [-0.1, -0.05) is 41.4 Å². The predicted molar refractivity (Wildman–Crippen MR) is 98.3 cm³/mol. The minimum atomic E-state index is -3.60. The largest absolute Gasteiger partial charge is 0.326 e. The van der Waals surface area contributed by atoms with Gasteiger partial charge in [-0.25, -0.2) is 8.42 Å². The van der Waals surface area contributed by atoms with Gasteiger partial charge in [0.1, 0.15) is 0 Å². The molecule has 1 N–H and O–H groups in total. The monoisotopic (exact) mass is 386 g/mol. The van der Waals surface area contributed by atoms with Crippen LogP contribution < -0.4 is 9.62 Å². The topological polar surface area (TPSA) is 66.5 Å². The minimum absolute atomic E-state index is 0.0130. The summed E-state index contributed by atoms with van der Waals surface area (Å²) in [5, 5.41) is 3.32. The average molecular weight is 387 g/mol. The Morgan fingerprint density at radius 1 is 1.12 bits per heavy atom. The number of hydrogen-bond acceptors (Lipinski definition) is 3. The van der Waals surface area contributed by atoms with Gasteiger partial charge in [0.15, 0.2) is 0 Å². The van der Waals surface area contributed by atoms with Crippen molar-refractivity contribution in [3.63, 3.8) is 0 Å². The van der Waals surface area contributed by atoms with Crippen molar-refractivity contribution in [2.24, 2.45) is 0 Å². The molecule has 2 aromatic rings. The molecular formula is C16H16Cl2N2O3S. The molecule has 2 aromatic carbocycles. The number of rotatable bonds is 6. The maximum absolute atomic E-state index is 12.0. The second kappa shape index (κ2) is 7.88. The maximum Gasteiger partial charge on any atom is 0.232 e. The zero-order valence-corrected chi connectivity index (χ0v) is 15.2. The van der Waals surface area contributed by atoms with Crippen LogP contribution in [-0.4, -0.2) is 27.1 Å². The zero-order valence-electron chi connectivity index (χ0n) is 12.9. The van der Waals surface area contributed by atoms with Crippen LogP contribution in [0.5, 0.6) is 0 Å². The summed E-state index contributed by atoms with van der Waals surface area (Å²) in [6, 6.07) is 13.5. The van der Waals surface area contributed by atoms with Gasteiger partial charge < -0.3 is 5.32 Å². The Kier molecular flexibility index (Phi) is 6.10. The highest BCUT2D eigenvalue weighted by atomic mass is 35.5. The highest BCUT2D eigenvalue weighted by Crippen LogP contribution is 2.30. The zero-order chi connectivity index (χ0) is 17.7. The van der Waals surface area contributed by atoms with E-state index in [0.717, 1.165) is 10.6 Å². The normalized spacial score (nSPS) is 11.1. The van der Waals surface area contributed by atoms with E-state index in [4.69, 9.17) is 23.2 Å². The van der Waals surface area contributed by atoms with E-state index in [1.54, 1.807) is 30.3 Å². The first-order valence-electron chi connectivity index (χ1n) is 7.05. The van der Waals surface area contributed by atoms with Crippen molar-refractivity contribution >= 4 is 50.5 Å². The van der Waals surface area contributed by atoms with Crippen molar-refractivity contribution in [3.05, 3.63) is 58.6 Å². The molecule has 0 saturated heterocycles. The van der Waals surface area contributed by atoms with E-state index < -0.39 is 10.0 Å². The number of benzene rings is 2. The summed E-state index contributed by atoms with van der Waals surface area (Å²) in [6.07, 6.45) is 1.05. The first kappa shape index (κ1) is 18.6. The lowest BCUT2D eigenvalue weighted by Gasteiger charge is -2.23. The van der Waals surface area contributed by atoms with E-state index >= 15 is 0 Å². The second-order valence-corrected chi connectivity index (χ2v) is 7.85. The summed E-state index contributed by atoms with van der Waals surface area (Å²) in [4.78, 5) is 12.0. The fourth-order valence-electron chi connectivity index (χ4n) is 2.10. The van der Waals surface area contributed by atoms with Gasteiger partial charge >= 0.3 is 0 Å². The molecule has 0 aliphatic rings. The Labute approximate surface area is 151 Å². The van der Waals surface area contributed by atoms with Gasteiger partial charge in [-0.15, -0.1) is 0 Å². The highest BCUT2D eigenvalue weighted by molar-refractivity contribution is 7.92. The van der Waals surface area contributed by atoms with Crippen LogP contribution in [-0.2, 0) is 14.8 Å². The fraction of sp³-hybridized carbons (Fsp3) is 0.188. The molecule has 0 saturated carbocycles. The third-order valence-corrected chi connectivity index (χ3v) is 4.90. The Balaban J connectivity index is 2.11. The fourth-order valence-corrected chi connectivity index (χ4v) is 3.60. The smallest absolute Gasteiger partial charge is 0.232 e. The first-order chi connectivity index (χ1) is 11.3. The van der Waals surface area contributed by atoms with Crippen LogP contribution in [0.15, 0.2) is 48.5 Å². The summed E-state index contributed by atoms with van der Waals surface area (Å²) in [5.74, 6) is -0.292. The molecule has 0 aromatic heterocycles. The summed E-state index contributed by atoms with van der Waals surface area (Å²) in [5.41, 5.74) is 0.939. The third-order valence-electron chi connectivity index (χ3n) is 3.18. The predicted octanol–water partition coefficient (Wildman–Crippen LogP) is 3.79. The van der Waals surface area contributed by atoms with Crippen LogP contribution in [0.4, 0.5) is 11.4 Å². The number of nitrogens with zero attached hydrogens (tertiary/aromatic N) is 1. The molecule has 0 aliphatic heterocycles. The number of halogens is 2. The van der Waals surface area contributed by atoms with Crippen LogP contribution in [0.25, 0.3) is 0 Å². The van der Waals surface area contributed by atoms with Crippen molar-refractivity contribution in [2.75, 3.05) is 22.4 Å². The Morgan fingerprint density at radius 3 is 2.38 bits per heavy atom. The molecule has 0 unspecified atom stereocenters. The first-order valence-corrected chi connectivity index (χ1v) is 9.65. The molecule has 0 aliphatic carbocycles.